The molecule has 2 aliphatic rings. The summed E-state index contributed by atoms with van der Waals surface area (Å²) in [5.74, 6) is 0. The summed E-state index contributed by atoms with van der Waals surface area (Å²) in [6.07, 6.45) is -1.99. The number of alkyl halides is 1. The van der Waals surface area contributed by atoms with Gasteiger partial charge in [0.1, 0.15) is 0 Å². The fourth-order valence-corrected chi connectivity index (χ4v) is 2.59. The lowest BCUT2D eigenvalue weighted by Gasteiger charge is -2.34. The van der Waals surface area contributed by atoms with Gasteiger partial charge >= 0.3 is 6.09 Å². The number of rotatable bonds is 3. The van der Waals surface area contributed by atoms with E-state index in [4.69, 9.17) is 9.47 Å². The minimum absolute atomic E-state index is 0.0396. The maximum absolute atomic E-state index is 14.1. The molecule has 0 aliphatic carbocycles. The molecule has 1 aromatic rings. The molecule has 2 saturated heterocycles. The standard InChI is InChI=1S/C14H18FN3O3/c1-16-13-8-18(14(19)21-13)11-5-3-2-4-10(11)17-6-7-20-9-12(17)15/h2-5,12-13,16H,6-9H2,1H3/t12-,13?/m1/s1. The van der Waals surface area contributed by atoms with Crippen molar-refractivity contribution in [3.05, 3.63) is 24.3 Å². The van der Waals surface area contributed by atoms with E-state index in [1.165, 1.54) is 4.90 Å². The molecule has 7 heteroatoms. The van der Waals surface area contributed by atoms with Crippen LogP contribution in [0, 0.1) is 0 Å². The van der Waals surface area contributed by atoms with Gasteiger partial charge in [-0.25, -0.2) is 9.18 Å². The maximum Gasteiger partial charge on any atom is 0.416 e. The molecular formula is C14H18FN3O3. The van der Waals surface area contributed by atoms with Crippen LogP contribution in [0.1, 0.15) is 0 Å². The molecule has 0 saturated carbocycles. The number of amides is 1. The highest BCUT2D eigenvalue weighted by Crippen LogP contribution is 2.34. The van der Waals surface area contributed by atoms with Crippen LogP contribution in [-0.2, 0) is 9.47 Å². The van der Waals surface area contributed by atoms with Crippen molar-refractivity contribution >= 4 is 17.5 Å². The summed E-state index contributed by atoms with van der Waals surface area (Å²) in [6.45, 7) is 1.36. The van der Waals surface area contributed by atoms with Crippen LogP contribution >= 0.6 is 0 Å². The zero-order valence-electron chi connectivity index (χ0n) is 11.8. The van der Waals surface area contributed by atoms with Gasteiger partial charge < -0.3 is 14.4 Å². The summed E-state index contributed by atoms with van der Waals surface area (Å²) in [5.41, 5.74) is 1.34. The average molecular weight is 295 g/mol. The van der Waals surface area contributed by atoms with Crippen LogP contribution in [0.5, 0.6) is 0 Å². The minimum atomic E-state index is -1.21. The van der Waals surface area contributed by atoms with Gasteiger partial charge in [-0.05, 0) is 19.2 Å². The Kier molecular flexibility index (Phi) is 3.94. The third kappa shape index (κ3) is 2.66. The van der Waals surface area contributed by atoms with Crippen molar-refractivity contribution in [3.8, 4) is 0 Å². The zero-order valence-corrected chi connectivity index (χ0v) is 11.8. The number of likely N-dealkylation sites (N-methyl/N-ethyl adjacent to an activating group) is 1. The van der Waals surface area contributed by atoms with Gasteiger partial charge in [-0.3, -0.25) is 10.2 Å². The number of nitrogens with zero attached hydrogens (tertiary/aromatic N) is 2. The lowest BCUT2D eigenvalue weighted by molar-refractivity contribution is 0.0497. The van der Waals surface area contributed by atoms with Gasteiger partial charge in [-0.1, -0.05) is 12.1 Å². The SMILES string of the molecule is CNC1CN(c2ccccc2N2CCOC[C@@H]2F)C(=O)O1. The fourth-order valence-electron chi connectivity index (χ4n) is 2.59. The number of ether oxygens (including phenoxy) is 2. The molecule has 1 aromatic carbocycles. The number of nitrogens with one attached hydrogen (secondary N) is 1. The van der Waals surface area contributed by atoms with Gasteiger partial charge in [-0.15, -0.1) is 0 Å². The van der Waals surface area contributed by atoms with Crippen LogP contribution in [-0.4, -0.2) is 52.0 Å². The molecular weight excluding hydrogens is 277 g/mol. The van der Waals surface area contributed by atoms with Crippen molar-refractivity contribution in [1.29, 1.82) is 0 Å². The van der Waals surface area contributed by atoms with Crippen LogP contribution in [0.4, 0.5) is 20.6 Å². The minimum Gasteiger partial charge on any atom is -0.428 e. The molecule has 21 heavy (non-hydrogen) atoms. The van der Waals surface area contributed by atoms with Gasteiger partial charge in [0.05, 0.1) is 31.1 Å². The first kappa shape index (κ1) is 14.1. The summed E-state index contributed by atoms with van der Waals surface area (Å²) in [5, 5.41) is 2.91. The Morgan fingerprint density at radius 3 is 2.76 bits per heavy atom. The third-order valence-electron chi connectivity index (χ3n) is 3.69. The van der Waals surface area contributed by atoms with Crippen molar-refractivity contribution in [2.45, 2.75) is 12.5 Å². The normalized spacial score (nSPS) is 26.1. The highest BCUT2D eigenvalue weighted by atomic mass is 19.1. The van der Waals surface area contributed by atoms with Crippen LogP contribution in [0.2, 0.25) is 0 Å². The quantitative estimate of drug-likeness (QED) is 0.852. The molecule has 2 atom stereocenters. The van der Waals surface area contributed by atoms with Gasteiger partial charge in [0, 0.05) is 6.54 Å². The van der Waals surface area contributed by atoms with Crippen molar-refractivity contribution in [3.63, 3.8) is 0 Å². The number of carbonyl (C=O) groups excluding carboxylic acids is 1. The molecule has 0 aromatic heterocycles. The number of carbonyl (C=O) groups is 1. The van der Waals surface area contributed by atoms with Crippen molar-refractivity contribution < 1.29 is 18.7 Å². The molecule has 0 bridgehead atoms. The summed E-state index contributed by atoms with van der Waals surface area (Å²) < 4.78 is 24.4. The zero-order chi connectivity index (χ0) is 14.8. The highest BCUT2D eigenvalue weighted by Gasteiger charge is 2.34. The van der Waals surface area contributed by atoms with E-state index in [1.54, 1.807) is 18.0 Å². The van der Waals surface area contributed by atoms with Crippen molar-refractivity contribution in [2.24, 2.45) is 0 Å². The van der Waals surface area contributed by atoms with Crippen LogP contribution < -0.4 is 15.1 Å². The summed E-state index contributed by atoms with van der Waals surface area (Å²) in [4.78, 5) is 15.1. The molecule has 3 rings (SSSR count). The largest absolute Gasteiger partial charge is 0.428 e. The number of cyclic esters (lactones) is 1. The van der Waals surface area contributed by atoms with Crippen molar-refractivity contribution in [1.82, 2.24) is 5.32 Å². The number of benzene rings is 1. The van der Waals surface area contributed by atoms with E-state index in [9.17, 15) is 9.18 Å². The van der Waals surface area contributed by atoms with Crippen LogP contribution in [0.25, 0.3) is 0 Å². The number of anilines is 2. The Bertz CT molecular complexity index is 528. The molecule has 2 aliphatic heterocycles. The first-order valence-corrected chi connectivity index (χ1v) is 6.93. The van der Waals surface area contributed by atoms with E-state index in [0.29, 0.717) is 31.1 Å². The Morgan fingerprint density at radius 2 is 2.10 bits per heavy atom. The van der Waals surface area contributed by atoms with E-state index in [2.05, 4.69) is 5.32 Å². The van der Waals surface area contributed by atoms with Crippen molar-refractivity contribution in [2.75, 3.05) is 43.2 Å². The Morgan fingerprint density at radius 1 is 1.33 bits per heavy atom. The number of morpholine rings is 1. The topological polar surface area (TPSA) is 54.0 Å². The molecule has 2 heterocycles. The molecule has 1 amide bonds. The molecule has 1 unspecified atom stereocenters. The maximum atomic E-state index is 14.1. The predicted molar refractivity (Wildman–Crippen MR) is 76.2 cm³/mol. The molecule has 114 valence electrons. The van der Waals surface area contributed by atoms with E-state index in [-0.39, 0.29) is 12.8 Å². The van der Waals surface area contributed by atoms with E-state index >= 15 is 0 Å². The second-order valence-electron chi connectivity index (χ2n) is 4.96. The summed E-state index contributed by atoms with van der Waals surface area (Å²) in [7, 11) is 1.73. The lowest BCUT2D eigenvalue weighted by Crippen LogP contribution is -2.43. The first-order chi connectivity index (χ1) is 10.2. The summed E-state index contributed by atoms with van der Waals surface area (Å²) in [6, 6.07) is 7.27. The third-order valence-corrected chi connectivity index (χ3v) is 3.69. The molecule has 1 N–H and O–H groups in total. The second kappa shape index (κ2) is 5.87. The van der Waals surface area contributed by atoms with E-state index in [0.717, 1.165) is 0 Å². The second-order valence-corrected chi connectivity index (χ2v) is 4.96. The monoisotopic (exact) mass is 295 g/mol. The number of hydrogen-bond donors (Lipinski definition) is 1. The average Bonchev–Trinajstić information content (AvgIpc) is 2.89. The van der Waals surface area contributed by atoms with Gasteiger partial charge in [-0.2, -0.15) is 0 Å². The van der Waals surface area contributed by atoms with E-state index in [1.807, 2.05) is 18.2 Å². The summed E-state index contributed by atoms with van der Waals surface area (Å²) >= 11 is 0. The Balaban J connectivity index is 1.91. The fraction of sp³-hybridized carbons (Fsp3) is 0.500. The van der Waals surface area contributed by atoms with Gasteiger partial charge in [0.15, 0.2) is 12.5 Å². The van der Waals surface area contributed by atoms with Crippen LogP contribution in [0.15, 0.2) is 24.3 Å². The molecule has 2 fully saturated rings. The molecule has 0 radical (unpaired) electrons. The number of halogens is 1. The Labute approximate surface area is 122 Å². The number of para-hydroxylation sites is 2. The highest BCUT2D eigenvalue weighted by molar-refractivity contribution is 5.94. The molecule has 6 nitrogen and oxygen atoms in total. The van der Waals surface area contributed by atoms with Gasteiger partial charge in [0.2, 0.25) is 0 Å². The smallest absolute Gasteiger partial charge is 0.416 e. The predicted octanol–water partition coefficient (Wildman–Crippen LogP) is 1.32. The van der Waals surface area contributed by atoms with E-state index < -0.39 is 12.4 Å². The number of hydrogen-bond acceptors (Lipinski definition) is 5. The van der Waals surface area contributed by atoms with Gasteiger partial charge in [0.25, 0.3) is 0 Å². The van der Waals surface area contributed by atoms with Crippen LogP contribution in [0.3, 0.4) is 0 Å². The Hall–Kier alpha value is -1.86. The molecule has 0 spiro atoms. The first-order valence-electron chi connectivity index (χ1n) is 6.93. The lowest BCUT2D eigenvalue weighted by atomic mass is 10.2.